The number of rotatable bonds is 6. The van der Waals surface area contributed by atoms with Crippen LogP contribution in [-0.2, 0) is 15.9 Å². The number of primary amides is 1. The van der Waals surface area contributed by atoms with Gasteiger partial charge in [-0.1, -0.05) is 30.3 Å². The summed E-state index contributed by atoms with van der Waals surface area (Å²) in [5.41, 5.74) is 9.27. The van der Waals surface area contributed by atoms with Crippen molar-refractivity contribution in [2.45, 2.75) is 12.7 Å². The maximum absolute atomic E-state index is 11.4. The number of hydrogen-bond acceptors (Lipinski definition) is 5. The summed E-state index contributed by atoms with van der Waals surface area (Å²) in [6.45, 7) is 0. The van der Waals surface area contributed by atoms with Crippen molar-refractivity contribution in [3.63, 3.8) is 0 Å². The predicted molar refractivity (Wildman–Crippen MR) is 115 cm³/mol. The third kappa shape index (κ3) is 4.06. The Morgan fingerprint density at radius 2 is 1.87 bits per heavy atom. The standard InChI is InChI=1S/C24H19N3O4/c25-23(28)17-8-11-19-20(13-17)27-24(26-19)16-6-9-18(10-7-16)30-22-14-29-21(31-22)12-15-4-2-1-3-5-15/h1-11,13-14,21H,12H2,(H2,25,28)(H,26,27). The van der Waals surface area contributed by atoms with E-state index in [2.05, 4.69) is 9.97 Å². The van der Waals surface area contributed by atoms with E-state index in [0.717, 1.165) is 16.6 Å². The normalized spacial score (nSPS) is 15.2. The molecule has 1 aliphatic rings. The van der Waals surface area contributed by atoms with E-state index in [1.165, 1.54) is 6.26 Å². The second-order valence-electron chi connectivity index (χ2n) is 7.12. The highest BCUT2D eigenvalue weighted by atomic mass is 16.8. The minimum atomic E-state index is -0.480. The Kier molecular flexibility index (Phi) is 4.76. The van der Waals surface area contributed by atoms with Crippen LogP contribution in [0.25, 0.3) is 22.4 Å². The molecule has 0 saturated heterocycles. The van der Waals surface area contributed by atoms with Crippen molar-refractivity contribution in [3.8, 4) is 17.1 Å². The summed E-state index contributed by atoms with van der Waals surface area (Å²) >= 11 is 0. The van der Waals surface area contributed by atoms with Crippen molar-refractivity contribution in [2.24, 2.45) is 5.73 Å². The summed E-state index contributed by atoms with van der Waals surface area (Å²) in [6, 6.07) is 22.5. The van der Waals surface area contributed by atoms with Crippen LogP contribution in [-0.4, -0.2) is 22.2 Å². The number of hydrogen-bond donors (Lipinski definition) is 2. The molecule has 5 rings (SSSR count). The largest absolute Gasteiger partial charge is 0.455 e. The van der Waals surface area contributed by atoms with E-state index in [4.69, 9.17) is 19.9 Å². The highest BCUT2D eigenvalue weighted by molar-refractivity contribution is 5.96. The molecule has 1 aliphatic heterocycles. The van der Waals surface area contributed by atoms with Gasteiger partial charge in [0, 0.05) is 17.5 Å². The lowest BCUT2D eigenvalue weighted by Crippen LogP contribution is -2.13. The molecule has 0 saturated carbocycles. The zero-order valence-electron chi connectivity index (χ0n) is 16.4. The molecular weight excluding hydrogens is 394 g/mol. The van der Waals surface area contributed by atoms with Crippen LogP contribution in [0.15, 0.2) is 85.0 Å². The third-order valence-electron chi connectivity index (χ3n) is 4.92. The summed E-state index contributed by atoms with van der Waals surface area (Å²) < 4.78 is 17.0. The van der Waals surface area contributed by atoms with Gasteiger partial charge in [0.2, 0.25) is 12.2 Å². The highest BCUT2D eigenvalue weighted by Crippen LogP contribution is 2.26. The number of nitrogens with zero attached hydrogens (tertiary/aromatic N) is 1. The zero-order chi connectivity index (χ0) is 21.2. The fourth-order valence-corrected chi connectivity index (χ4v) is 3.35. The molecule has 4 aromatic rings. The summed E-state index contributed by atoms with van der Waals surface area (Å²) in [5.74, 6) is 1.14. The van der Waals surface area contributed by atoms with Crippen LogP contribution in [0, 0.1) is 0 Å². The molecule has 3 N–H and O–H groups in total. The molecule has 0 spiro atoms. The number of imidazole rings is 1. The lowest BCUT2D eigenvalue weighted by atomic mass is 10.1. The smallest absolute Gasteiger partial charge is 0.324 e. The minimum Gasteiger partial charge on any atom is -0.455 e. The molecule has 1 amide bonds. The summed E-state index contributed by atoms with van der Waals surface area (Å²) in [4.78, 5) is 19.1. The van der Waals surface area contributed by atoms with Gasteiger partial charge in [-0.3, -0.25) is 4.79 Å². The lowest BCUT2D eigenvalue weighted by Gasteiger charge is -2.12. The number of carbonyl (C=O) groups excluding carboxylic acids is 1. The van der Waals surface area contributed by atoms with Crippen LogP contribution in [0.5, 0.6) is 5.75 Å². The number of fused-ring (bicyclic) bond motifs is 1. The first-order chi connectivity index (χ1) is 15.1. The van der Waals surface area contributed by atoms with E-state index >= 15 is 0 Å². The average Bonchev–Trinajstić information content (AvgIpc) is 3.41. The SMILES string of the molecule is NC(=O)c1ccc2[nH]c(-c3ccc(OC4=COC(Cc5ccccc5)O4)cc3)nc2c1. The Hall–Kier alpha value is -4.26. The molecule has 154 valence electrons. The van der Waals surface area contributed by atoms with Crippen molar-refractivity contribution >= 4 is 16.9 Å². The van der Waals surface area contributed by atoms with Gasteiger partial charge in [0.05, 0.1) is 11.0 Å². The molecule has 1 unspecified atom stereocenters. The second kappa shape index (κ2) is 7.87. The molecule has 1 atom stereocenters. The molecule has 7 heteroatoms. The average molecular weight is 413 g/mol. The molecule has 0 bridgehead atoms. The first-order valence-electron chi connectivity index (χ1n) is 9.78. The predicted octanol–water partition coefficient (Wildman–Crippen LogP) is 4.12. The van der Waals surface area contributed by atoms with Crippen LogP contribution in [0.4, 0.5) is 0 Å². The number of carbonyl (C=O) groups is 1. The van der Waals surface area contributed by atoms with Crippen molar-refractivity contribution in [2.75, 3.05) is 0 Å². The van der Waals surface area contributed by atoms with E-state index in [1.807, 2.05) is 54.6 Å². The van der Waals surface area contributed by atoms with Gasteiger partial charge in [0.15, 0.2) is 6.26 Å². The summed E-state index contributed by atoms with van der Waals surface area (Å²) in [7, 11) is 0. The van der Waals surface area contributed by atoms with E-state index in [-0.39, 0.29) is 0 Å². The molecular formula is C24H19N3O4. The summed E-state index contributed by atoms with van der Waals surface area (Å²) in [6.07, 6.45) is 1.71. The van der Waals surface area contributed by atoms with Gasteiger partial charge < -0.3 is 24.9 Å². The van der Waals surface area contributed by atoms with Gasteiger partial charge in [-0.15, -0.1) is 0 Å². The fraction of sp³-hybridized carbons (Fsp3) is 0.0833. The Morgan fingerprint density at radius 1 is 1.06 bits per heavy atom. The number of H-pyrrole nitrogens is 1. The van der Waals surface area contributed by atoms with Gasteiger partial charge in [0.25, 0.3) is 0 Å². The minimum absolute atomic E-state index is 0.316. The van der Waals surface area contributed by atoms with Gasteiger partial charge in [-0.25, -0.2) is 4.98 Å². The van der Waals surface area contributed by atoms with Gasteiger partial charge >= 0.3 is 5.95 Å². The molecule has 3 aromatic carbocycles. The summed E-state index contributed by atoms with van der Waals surface area (Å²) in [5, 5.41) is 0. The van der Waals surface area contributed by atoms with E-state index in [1.54, 1.807) is 18.2 Å². The maximum Gasteiger partial charge on any atom is 0.324 e. The number of aromatic amines is 1. The number of ether oxygens (including phenoxy) is 3. The van der Waals surface area contributed by atoms with E-state index < -0.39 is 12.2 Å². The van der Waals surface area contributed by atoms with Crippen LogP contribution in [0.2, 0.25) is 0 Å². The van der Waals surface area contributed by atoms with Crippen molar-refractivity contribution in [1.29, 1.82) is 0 Å². The number of aromatic nitrogens is 2. The molecule has 31 heavy (non-hydrogen) atoms. The van der Waals surface area contributed by atoms with Gasteiger partial charge in [-0.05, 0) is 48.0 Å². The topological polar surface area (TPSA) is 99.5 Å². The van der Waals surface area contributed by atoms with Crippen molar-refractivity contribution < 1.29 is 19.0 Å². The van der Waals surface area contributed by atoms with Crippen LogP contribution < -0.4 is 10.5 Å². The van der Waals surface area contributed by atoms with Crippen LogP contribution in [0.1, 0.15) is 15.9 Å². The third-order valence-corrected chi connectivity index (χ3v) is 4.92. The quantitative estimate of drug-likeness (QED) is 0.495. The Balaban J connectivity index is 1.24. The molecule has 0 radical (unpaired) electrons. The van der Waals surface area contributed by atoms with Crippen LogP contribution >= 0.6 is 0 Å². The molecule has 0 fully saturated rings. The highest BCUT2D eigenvalue weighted by Gasteiger charge is 2.21. The van der Waals surface area contributed by atoms with Crippen LogP contribution in [0.3, 0.4) is 0 Å². The molecule has 7 nitrogen and oxygen atoms in total. The maximum atomic E-state index is 11.4. The fourth-order valence-electron chi connectivity index (χ4n) is 3.35. The second-order valence-corrected chi connectivity index (χ2v) is 7.12. The first kappa shape index (κ1) is 18.7. The molecule has 0 aliphatic carbocycles. The zero-order valence-corrected chi connectivity index (χ0v) is 16.4. The lowest BCUT2D eigenvalue weighted by molar-refractivity contribution is -0.0519. The Morgan fingerprint density at radius 3 is 2.65 bits per heavy atom. The Bertz CT molecular complexity index is 1260. The number of benzene rings is 3. The molecule has 1 aromatic heterocycles. The Labute approximate surface area is 178 Å². The van der Waals surface area contributed by atoms with Crippen molar-refractivity contribution in [3.05, 3.63) is 96.1 Å². The number of amides is 1. The first-order valence-corrected chi connectivity index (χ1v) is 9.78. The number of nitrogens with two attached hydrogens (primary N) is 1. The van der Waals surface area contributed by atoms with E-state index in [9.17, 15) is 4.79 Å². The van der Waals surface area contributed by atoms with Crippen molar-refractivity contribution in [1.82, 2.24) is 9.97 Å². The number of nitrogens with one attached hydrogen (secondary N) is 1. The monoisotopic (exact) mass is 413 g/mol. The van der Waals surface area contributed by atoms with Gasteiger partial charge in [0.1, 0.15) is 11.6 Å². The van der Waals surface area contributed by atoms with Gasteiger partial charge in [-0.2, -0.15) is 0 Å². The molecule has 2 heterocycles. The van der Waals surface area contributed by atoms with E-state index in [0.29, 0.717) is 35.0 Å².